The van der Waals surface area contributed by atoms with E-state index in [0.717, 1.165) is 25.7 Å². The van der Waals surface area contributed by atoms with Crippen LogP contribution in [0.4, 0.5) is 0 Å². The molecule has 2 atom stereocenters. The van der Waals surface area contributed by atoms with Gasteiger partial charge in [-0.1, -0.05) is 13.3 Å². The van der Waals surface area contributed by atoms with E-state index in [1.165, 1.54) is 0 Å². The van der Waals surface area contributed by atoms with E-state index >= 15 is 0 Å². The molecule has 0 aliphatic carbocycles. The normalized spacial score (nSPS) is 23.9. The van der Waals surface area contributed by atoms with Crippen LogP contribution in [-0.2, 0) is 9.53 Å². The zero-order valence-electron chi connectivity index (χ0n) is 10.6. The molecular weight excluding hydrogens is 220 g/mol. The number of rotatable bonds is 7. The lowest BCUT2D eigenvalue weighted by atomic mass is 10.1. The Balaban J connectivity index is 2.46. The van der Waals surface area contributed by atoms with E-state index < -0.39 is 0 Å². The number of amides is 1. The van der Waals surface area contributed by atoms with Crippen molar-refractivity contribution in [2.45, 2.75) is 44.8 Å². The molecule has 0 radical (unpaired) electrons. The third-order valence-corrected chi connectivity index (χ3v) is 3.11. The molecule has 5 nitrogen and oxygen atoms in total. The van der Waals surface area contributed by atoms with Gasteiger partial charge in [-0.05, 0) is 19.3 Å². The number of aliphatic hydroxyl groups is 1. The summed E-state index contributed by atoms with van der Waals surface area (Å²) in [6.45, 7) is 3.65. The average Bonchev–Trinajstić information content (AvgIpc) is 2.82. The molecule has 0 aromatic heterocycles. The second kappa shape index (κ2) is 7.63. The van der Waals surface area contributed by atoms with Crippen LogP contribution < -0.4 is 5.73 Å². The maximum Gasteiger partial charge on any atom is 0.251 e. The second-order valence-corrected chi connectivity index (χ2v) is 4.46. The van der Waals surface area contributed by atoms with Gasteiger partial charge in [-0.3, -0.25) is 4.79 Å². The molecule has 3 N–H and O–H groups in total. The van der Waals surface area contributed by atoms with Gasteiger partial charge in [0.25, 0.3) is 5.91 Å². The Bertz CT molecular complexity index is 236. The Morgan fingerprint density at radius 1 is 1.47 bits per heavy atom. The SMILES string of the molecule is CCCCN(CCO)C(=O)C1CCC(CN)O1. The molecule has 0 spiro atoms. The first kappa shape index (κ1) is 14.4. The highest BCUT2D eigenvalue weighted by Gasteiger charge is 2.32. The van der Waals surface area contributed by atoms with E-state index in [1.54, 1.807) is 4.90 Å². The summed E-state index contributed by atoms with van der Waals surface area (Å²) in [5, 5.41) is 8.97. The van der Waals surface area contributed by atoms with Crippen LogP contribution in [0, 0.1) is 0 Å². The van der Waals surface area contributed by atoms with Crippen LogP contribution >= 0.6 is 0 Å². The number of carbonyl (C=O) groups is 1. The maximum absolute atomic E-state index is 12.2. The first-order valence-corrected chi connectivity index (χ1v) is 6.48. The van der Waals surface area contributed by atoms with Gasteiger partial charge in [0.1, 0.15) is 6.10 Å². The van der Waals surface area contributed by atoms with E-state index in [2.05, 4.69) is 6.92 Å². The third kappa shape index (κ3) is 4.26. The van der Waals surface area contributed by atoms with Crippen molar-refractivity contribution in [3.05, 3.63) is 0 Å². The van der Waals surface area contributed by atoms with Crippen molar-refractivity contribution in [2.24, 2.45) is 5.73 Å². The molecule has 5 heteroatoms. The fourth-order valence-corrected chi connectivity index (χ4v) is 2.07. The zero-order valence-corrected chi connectivity index (χ0v) is 10.6. The summed E-state index contributed by atoms with van der Waals surface area (Å²) in [5.41, 5.74) is 5.52. The van der Waals surface area contributed by atoms with Crippen LogP contribution in [0.15, 0.2) is 0 Å². The van der Waals surface area contributed by atoms with E-state index in [1.807, 2.05) is 0 Å². The Hall–Kier alpha value is -0.650. The summed E-state index contributed by atoms with van der Waals surface area (Å²) in [6, 6.07) is 0. The summed E-state index contributed by atoms with van der Waals surface area (Å²) in [6.07, 6.45) is 3.26. The van der Waals surface area contributed by atoms with Gasteiger partial charge in [-0.2, -0.15) is 0 Å². The highest BCUT2D eigenvalue weighted by molar-refractivity contribution is 5.81. The molecule has 100 valence electrons. The minimum absolute atomic E-state index is 0.00247. The van der Waals surface area contributed by atoms with Crippen molar-refractivity contribution in [2.75, 3.05) is 26.2 Å². The van der Waals surface area contributed by atoms with Crippen LogP contribution in [0.3, 0.4) is 0 Å². The lowest BCUT2D eigenvalue weighted by Gasteiger charge is -2.24. The fraction of sp³-hybridized carbons (Fsp3) is 0.917. The first-order chi connectivity index (χ1) is 8.22. The minimum atomic E-state index is -0.355. The molecule has 1 saturated heterocycles. The first-order valence-electron chi connectivity index (χ1n) is 6.48. The van der Waals surface area contributed by atoms with Crippen LogP contribution in [0.5, 0.6) is 0 Å². The van der Waals surface area contributed by atoms with Crippen molar-refractivity contribution in [1.82, 2.24) is 4.90 Å². The number of aliphatic hydroxyl groups excluding tert-OH is 1. The average molecular weight is 244 g/mol. The van der Waals surface area contributed by atoms with E-state index in [4.69, 9.17) is 15.6 Å². The van der Waals surface area contributed by atoms with E-state index in [-0.39, 0.29) is 24.7 Å². The monoisotopic (exact) mass is 244 g/mol. The Morgan fingerprint density at radius 2 is 2.24 bits per heavy atom. The summed E-state index contributed by atoms with van der Waals surface area (Å²) >= 11 is 0. The molecule has 1 rings (SSSR count). The molecule has 0 aromatic carbocycles. The molecule has 1 aliphatic rings. The molecule has 0 bridgehead atoms. The number of nitrogens with two attached hydrogens (primary N) is 1. The van der Waals surface area contributed by atoms with Crippen molar-refractivity contribution >= 4 is 5.91 Å². The van der Waals surface area contributed by atoms with Crippen molar-refractivity contribution in [1.29, 1.82) is 0 Å². The highest BCUT2D eigenvalue weighted by atomic mass is 16.5. The molecular formula is C12H24N2O3. The number of hydrogen-bond acceptors (Lipinski definition) is 4. The molecule has 0 saturated carbocycles. The Morgan fingerprint density at radius 3 is 2.76 bits per heavy atom. The third-order valence-electron chi connectivity index (χ3n) is 3.11. The smallest absolute Gasteiger partial charge is 0.251 e. The lowest BCUT2D eigenvalue weighted by molar-refractivity contribution is -0.143. The summed E-state index contributed by atoms with van der Waals surface area (Å²) in [4.78, 5) is 13.9. The van der Waals surface area contributed by atoms with Gasteiger partial charge in [-0.15, -0.1) is 0 Å². The van der Waals surface area contributed by atoms with Gasteiger partial charge in [-0.25, -0.2) is 0 Å². The van der Waals surface area contributed by atoms with Crippen LogP contribution in [0.2, 0.25) is 0 Å². The van der Waals surface area contributed by atoms with E-state index in [0.29, 0.717) is 19.6 Å². The Labute approximate surface area is 103 Å². The molecule has 1 heterocycles. The summed E-state index contributed by atoms with van der Waals surface area (Å²) < 4.78 is 5.58. The number of unbranched alkanes of at least 4 members (excludes halogenated alkanes) is 1. The van der Waals surface area contributed by atoms with E-state index in [9.17, 15) is 4.79 Å². The molecule has 2 unspecified atom stereocenters. The number of ether oxygens (including phenoxy) is 1. The second-order valence-electron chi connectivity index (χ2n) is 4.46. The fourth-order valence-electron chi connectivity index (χ4n) is 2.07. The van der Waals surface area contributed by atoms with Gasteiger partial charge in [0, 0.05) is 19.6 Å². The molecule has 1 amide bonds. The van der Waals surface area contributed by atoms with Crippen LogP contribution in [0.25, 0.3) is 0 Å². The maximum atomic E-state index is 12.2. The predicted octanol–water partition coefficient (Wildman–Crippen LogP) is 0.114. The van der Waals surface area contributed by atoms with Crippen molar-refractivity contribution < 1.29 is 14.6 Å². The van der Waals surface area contributed by atoms with Gasteiger partial charge in [0.2, 0.25) is 0 Å². The van der Waals surface area contributed by atoms with Gasteiger partial charge < -0.3 is 20.5 Å². The van der Waals surface area contributed by atoms with Crippen molar-refractivity contribution in [3.63, 3.8) is 0 Å². The molecule has 1 fully saturated rings. The quantitative estimate of drug-likeness (QED) is 0.666. The number of hydrogen-bond donors (Lipinski definition) is 2. The van der Waals surface area contributed by atoms with Crippen LogP contribution in [0.1, 0.15) is 32.6 Å². The Kier molecular flexibility index (Phi) is 6.47. The molecule has 17 heavy (non-hydrogen) atoms. The summed E-state index contributed by atoms with van der Waals surface area (Å²) in [5.74, 6) is 0.00319. The van der Waals surface area contributed by atoms with Gasteiger partial charge >= 0.3 is 0 Å². The van der Waals surface area contributed by atoms with Gasteiger partial charge in [0.05, 0.1) is 12.7 Å². The number of nitrogens with zero attached hydrogens (tertiary/aromatic N) is 1. The minimum Gasteiger partial charge on any atom is -0.395 e. The lowest BCUT2D eigenvalue weighted by Crippen LogP contribution is -2.41. The predicted molar refractivity (Wildman–Crippen MR) is 65.5 cm³/mol. The zero-order chi connectivity index (χ0) is 12.7. The van der Waals surface area contributed by atoms with Gasteiger partial charge in [0.15, 0.2) is 0 Å². The number of carbonyl (C=O) groups excluding carboxylic acids is 1. The standard InChI is InChI=1S/C12H24N2O3/c1-2-3-6-14(7-8-15)12(16)11-5-4-10(9-13)17-11/h10-11,15H,2-9,13H2,1H3. The topological polar surface area (TPSA) is 75.8 Å². The van der Waals surface area contributed by atoms with Crippen molar-refractivity contribution in [3.8, 4) is 0 Å². The highest BCUT2D eigenvalue weighted by Crippen LogP contribution is 2.20. The molecule has 0 aromatic rings. The van der Waals surface area contributed by atoms with Crippen LogP contribution in [-0.4, -0.2) is 54.4 Å². The molecule has 1 aliphatic heterocycles. The summed E-state index contributed by atoms with van der Waals surface area (Å²) in [7, 11) is 0. The largest absolute Gasteiger partial charge is 0.395 e.